The Morgan fingerprint density at radius 3 is 2.75 bits per heavy atom. The van der Waals surface area contributed by atoms with E-state index in [4.69, 9.17) is 4.74 Å². The zero-order chi connectivity index (χ0) is 14.5. The third-order valence-corrected chi connectivity index (χ3v) is 2.99. The summed E-state index contributed by atoms with van der Waals surface area (Å²) in [6, 6.07) is 9.10. The second-order valence-electron chi connectivity index (χ2n) is 4.90. The van der Waals surface area contributed by atoms with Crippen molar-refractivity contribution >= 4 is 0 Å². The summed E-state index contributed by atoms with van der Waals surface area (Å²) in [4.78, 5) is 4.20. The highest BCUT2D eigenvalue weighted by molar-refractivity contribution is 5.66. The molecule has 0 aliphatic carbocycles. The van der Waals surface area contributed by atoms with E-state index in [9.17, 15) is 4.39 Å². The average molecular weight is 274 g/mol. The molecular weight excluding hydrogens is 255 g/mol. The van der Waals surface area contributed by atoms with E-state index in [0.717, 1.165) is 5.56 Å². The number of aromatic nitrogens is 1. The van der Waals surface area contributed by atoms with Gasteiger partial charge in [-0.25, -0.2) is 4.39 Å². The monoisotopic (exact) mass is 274 g/mol. The molecular formula is C16H19FN2O. The third-order valence-electron chi connectivity index (χ3n) is 2.99. The van der Waals surface area contributed by atoms with E-state index in [0.29, 0.717) is 29.6 Å². The largest absolute Gasteiger partial charge is 0.494 e. The molecule has 3 nitrogen and oxygen atoms in total. The molecule has 0 unspecified atom stereocenters. The number of pyridine rings is 1. The van der Waals surface area contributed by atoms with Crippen molar-refractivity contribution in [2.75, 3.05) is 7.11 Å². The molecule has 1 aromatic carbocycles. The fourth-order valence-corrected chi connectivity index (χ4v) is 1.94. The zero-order valence-electron chi connectivity index (χ0n) is 12.0. The van der Waals surface area contributed by atoms with Gasteiger partial charge in [-0.2, -0.15) is 0 Å². The van der Waals surface area contributed by atoms with Crippen LogP contribution in [0.1, 0.15) is 19.4 Å². The van der Waals surface area contributed by atoms with Crippen molar-refractivity contribution in [1.82, 2.24) is 10.3 Å². The van der Waals surface area contributed by atoms with Crippen molar-refractivity contribution in [2.24, 2.45) is 0 Å². The van der Waals surface area contributed by atoms with E-state index in [1.54, 1.807) is 37.6 Å². The molecule has 2 aromatic rings. The number of hydrogen-bond donors (Lipinski definition) is 1. The molecule has 106 valence electrons. The first-order valence-electron chi connectivity index (χ1n) is 6.63. The average Bonchev–Trinajstić information content (AvgIpc) is 2.45. The van der Waals surface area contributed by atoms with Crippen molar-refractivity contribution in [3.8, 4) is 17.0 Å². The molecule has 0 aliphatic heterocycles. The highest BCUT2D eigenvalue weighted by Crippen LogP contribution is 2.29. The number of methoxy groups -OCH3 is 1. The zero-order valence-corrected chi connectivity index (χ0v) is 12.0. The molecule has 0 atom stereocenters. The molecule has 0 saturated heterocycles. The van der Waals surface area contributed by atoms with Crippen LogP contribution in [0.2, 0.25) is 0 Å². The summed E-state index contributed by atoms with van der Waals surface area (Å²) < 4.78 is 19.5. The number of halogens is 1. The van der Waals surface area contributed by atoms with Gasteiger partial charge < -0.3 is 10.1 Å². The third kappa shape index (κ3) is 3.33. The van der Waals surface area contributed by atoms with Gasteiger partial charge in [0.25, 0.3) is 0 Å². The van der Waals surface area contributed by atoms with Crippen LogP contribution in [0.3, 0.4) is 0 Å². The SMILES string of the molecule is COc1cccnc1-c1ccc(CNC(C)C)cc1F. The normalized spacial score (nSPS) is 10.8. The first kappa shape index (κ1) is 14.5. The maximum absolute atomic E-state index is 14.3. The summed E-state index contributed by atoms with van der Waals surface area (Å²) in [6.45, 7) is 4.77. The minimum absolute atomic E-state index is 0.287. The molecule has 1 aromatic heterocycles. The van der Waals surface area contributed by atoms with Gasteiger partial charge >= 0.3 is 0 Å². The summed E-state index contributed by atoms with van der Waals surface area (Å²) in [5.41, 5.74) is 1.89. The number of rotatable bonds is 5. The standard InChI is InChI=1S/C16H19FN2O/c1-11(2)19-10-12-6-7-13(14(17)9-12)16-15(20-3)5-4-8-18-16/h4-9,11,19H,10H2,1-3H3. The van der Waals surface area contributed by atoms with Gasteiger partial charge in [-0.1, -0.05) is 19.9 Å². The molecule has 0 spiro atoms. The number of benzene rings is 1. The smallest absolute Gasteiger partial charge is 0.145 e. The minimum Gasteiger partial charge on any atom is -0.494 e. The van der Waals surface area contributed by atoms with Gasteiger partial charge in [0.05, 0.1) is 7.11 Å². The number of ether oxygens (including phenoxy) is 1. The van der Waals surface area contributed by atoms with E-state index in [2.05, 4.69) is 24.1 Å². The molecule has 0 amide bonds. The van der Waals surface area contributed by atoms with Gasteiger partial charge in [0.15, 0.2) is 0 Å². The molecule has 0 fully saturated rings. The van der Waals surface area contributed by atoms with Crippen molar-refractivity contribution in [3.05, 3.63) is 47.9 Å². The van der Waals surface area contributed by atoms with Crippen LogP contribution >= 0.6 is 0 Å². The van der Waals surface area contributed by atoms with Crippen molar-refractivity contribution in [1.29, 1.82) is 0 Å². The number of hydrogen-bond acceptors (Lipinski definition) is 3. The van der Waals surface area contributed by atoms with Gasteiger partial charge in [0.1, 0.15) is 17.3 Å². The Hall–Kier alpha value is -1.94. The molecule has 2 rings (SSSR count). The van der Waals surface area contributed by atoms with Gasteiger partial charge in [0.2, 0.25) is 0 Å². The van der Waals surface area contributed by atoms with E-state index < -0.39 is 0 Å². The lowest BCUT2D eigenvalue weighted by Gasteiger charge is -2.11. The van der Waals surface area contributed by atoms with Crippen LogP contribution in [0.25, 0.3) is 11.3 Å². The Bertz CT molecular complexity index is 584. The minimum atomic E-state index is -0.287. The summed E-state index contributed by atoms with van der Waals surface area (Å²) in [5, 5.41) is 3.26. The lowest BCUT2D eigenvalue weighted by atomic mass is 10.1. The van der Waals surface area contributed by atoms with Crippen LogP contribution in [-0.4, -0.2) is 18.1 Å². The van der Waals surface area contributed by atoms with E-state index >= 15 is 0 Å². The second kappa shape index (κ2) is 6.48. The first-order chi connectivity index (χ1) is 9.61. The summed E-state index contributed by atoms with van der Waals surface area (Å²) in [6.07, 6.45) is 1.63. The Labute approximate surface area is 118 Å². The Balaban J connectivity index is 2.30. The quantitative estimate of drug-likeness (QED) is 0.907. The summed E-state index contributed by atoms with van der Waals surface area (Å²) >= 11 is 0. The van der Waals surface area contributed by atoms with Crippen LogP contribution in [0.15, 0.2) is 36.5 Å². The van der Waals surface area contributed by atoms with Crippen LogP contribution < -0.4 is 10.1 Å². The Kier molecular flexibility index (Phi) is 4.69. The maximum Gasteiger partial charge on any atom is 0.145 e. The second-order valence-corrected chi connectivity index (χ2v) is 4.90. The molecule has 1 N–H and O–H groups in total. The Morgan fingerprint density at radius 2 is 2.10 bits per heavy atom. The van der Waals surface area contributed by atoms with Gasteiger partial charge in [0, 0.05) is 24.3 Å². The highest BCUT2D eigenvalue weighted by atomic mass is 19.1. The van der Waals surface area contributed by atoms with Crippen LogP contribution in [-0.2, 0) is 6.54 Å². The van der Waals surface area contributed by atoms with Gasteiger partial charge in [-0.15, -0.1) is 0 Å². The first-order valence-corrected chi connectivity index (χ1v) is 6.63. The fraction of sp³-hybridized carbons (Fsp3) is 0.312. The van der Waals surface area contributed by atoms with E-state index in [1.807, 2.05) is 6.07 Å². The lowest BCUT2D eigenvalue weighted by molar-refractivity contribution is 0.414. The predicted molar refractivity (Wildman–Crippen MR) is 78.2 cm³/mol. The van der Waals surface area contributed by atoms with Crippen LogP contribution in [0, 0.1) is 5.82 Å². The van der Waals surface area contributed by atoms with E-state index in [-0.39, 0.29) is 5.82 Å². The Morgan fingerprint density at radius 1 is 1.30 bits per heavy atom. The van der Waals surface area contributed by atoms with Gasteiger partial charge in [-0.05, 0) is 29.8 Å². The molecule has 20 heavy (non-hydrogen) atoms. The molecule has 0 saturated carbocycles. The highest BCUT2D eigenvalue weighted by Gasteiger charge is 2.12. The lowest BCUT2D eigenvalue weighted by Crippen LogP contribution is -2.21. The van der Waals surface area contributed by atoms with E-state index in [1.165, 1.54) is 0 Å². The summed E-state index contributed by atoms with van der Waals surface area (Å²) in [5.74, 6) is 0.282. The maximum atomic E-state index is 14.3. The topological polar surface area (TPSA) is 34.1 Å². The summed E-state index contributed by atoms with van der Waals surface area (Å²) in [7, 11) is 1.55. The van der Waals surface area contributed by atoms with Crippen LogP contribution in [0.5, 0.6) is 5.75 Å². The predicted octanol–water partition coefficient (Wildman–Crippen LogP) is 3.39. The van der Waals surface area contributed by atoms with Crippen molar-refractivity contribution < 1.29 is 9.13 Å². The number of nitrogens with one attached hydrogen (secondary N) is 1. The van der Waals surface area contributed by atoms with Gasteiger partial charge in [-0.3, -0.25) is 4.98 Å². The van der Waals surface area contributed by atoms with Crippen molar-refractivity contribution in [3.63, 3.8) is 0 Å². The fourth-order valence-electron chi connectivity index (χ4n) is 1.94. The molecule has 4 heteroatoms. The molecule has 1 heterocycles. The molecule has 0 aliphatic rings. The molecule has 0 radical (unpaired) electrons. The molecule has 0 bridgehead atoms. The number of nitrogens with zero attached hydrogens (tertiary/aromatic N) is 1. The van der Waals surface area contributed by atoms with Crippen LogP contribution in [0.4, 0.5) is 4.39 Å². The van der Waals surface area contributed by atoms with Crippen molar-refractivity contribution in [2.45, 2.75) is 26.4 Å².